The number of carbonyl (C=O) groups is 1. The summed E-state index contributed by atoms with van der Waals surface area (Å²) in [4.78, 5) is 17.9. The predicted octanol–water partition coefficient (Wildman–Crippen LogP) is 0.602. The number of aliphatic hydroxyl groups excluding tert-OH is 1. The van der Waals surface area contributed by atoms with Crippen molar-refractivity contribution >= 4 is 6.03 Å². The lowest BCUT2D eigenvalue weighted by atomic mass is 10.00. The summed E-state index contributed by atoms with van der Waals surface area (Å²) in [5.74, 6) is 0. The largest absolute Gasteiger partial charge is 0.390 e. The van der Waals surface area contributed by atoms with Crippen LogP contribution in [0.3, 0.4) is 0 Å². The van der Waals surface area contributed by atoms with Gasteiger partial charge in [0.2, 0.25) is 0 Å². The van der Waals surface area contributed by atoms with Crippen LogP contribution in [0.2, 0.25) is 0 Å². The molecule has 1 aliphatic heterocycles. The molecule has 0 saturated carbocycles. The molecule has 0 unspecified atom stereocenters. The Hall–Kier alpha value is -2.38. The lowest BCUT2D eigenvalue weighted by Crippen LogP contribution is -2.45. The zero-order valence-electron chi connectivity index (χ0n) is 14.3. The smallest absolute Gasteiger partial charge is 0.314 e. The molecule has 3 N–H and O–H groups in total. The second-order valence-corrected chi connectivity index (χ2v) is 6.34. The van der Waals surface area contributed by atoms with E-state index >= 15 is 0 Å². The predicted molar refractivity (Wildman–Crippen MR) is 95.1 cm³/mol. The van der Waals surface area contributed by atoms with Crippen LogP contribution in [-0.2, 0) is 19.5 Å². The maximum atomic E-state index is 11.8. The molecule has 0 bridgehead atoms. The van der Waals surface area contributed by atoms with E-state index in [9.17, 15) is 9.90 Å². The first-order valence-corrected chi connectivity index (χ1v) is 8.65. The van der Waals surface area contributed by atoms with Gasteiger partial charge >= 0.3 is 6.03 Å². The summed E-state index contributed by atoms with van der Waals surface area (Å²) in [6, 6.07) is 8.16. The number of urea groups is 1. The molecule has 1 aliphatic rings. The number of carbonyl (C=O) groups excluding carboxylic acids is 1. The van der Waals surface area contributed by atoms with E-state index in [1.165, 1.54) is 11.1 Å². The van der Waals surface area contributed by atoms with Crippen LogP contribution in [0.1, 0.15) is 11.1 Å². The van der Waals surface area contributed by atoms with Crippen LogP contribution < -0.4 is 10.6 Å². The summed E-state index contributed by atoms with van der Waals surface area (Å²) < 4.78 is 1.89. The highest BCUT2D eigenvalue weighted by molar-refractivity contribution is 5.73. The van der Waals surface area contributed by atoms with E-state index in [1.807, 2.05) is 10.8 Å². The number of aliphatic hydroxyl groups is 1. The zero-order valence-corrected chi connectivity index (χ0v) is 14.3. The van der Waals surface area contributed by atoms with Gasteiger partial charge in [0.15, 0.2) is 0 Å². The van der Waals surface area contributed by atoms with Crippen molar-refractivity contribution < 1.29 is 9.90 Å². The maximum absolute atomic E-state index is 11.8. The van der Waals surface area contributed by atoms with E-state index in [0.29, 0.717) is 19.6 Å². The minimum Gasteiger partial charge on any atom is -0.390 e. The van der Waals surface area contributed by atoms with Crippen molar-refractivity contribution in [2.45, 2.75) is 25.6 Å². The molecule has 1 atom stereocenters. The van der Waals surface area contributed by atoms with Gasteiger partial charge in [-0.05, 0) is 17.5 Å². The molecule has 1 aromatic heterocycles. The minimum absolute atomic E-state index is 0.245. The molecular formula is C18H25N5O2. The third kappa shape index (κ3) is 5.30. The van der Waals surface area contributed by atoms with Gasteiger partial charge in [-0.3, -0.25) is 4.90 Å². The second kappa shape index (κ2) is 8.64. The first kappa shape index (κ1) is 17.4. The quantitative estimate of drug-likeness (QED) is 0.688. The number of hydrogen-bond donors (Lipinski definition) is 3. The van der Waals surface area contributed by atoms with E-state index in [-0.39, 0.29) is 12.6 Å². The average molecular weight is 343 g/mol. The summed E-state index contributed by atoms with van der Waals surface area (Å²) in [5, 5.41) is 15.7. The lowest BCUT2D eigenvalue weighted by molar-refractivity contribution is 0.105. The number of rotatable bonds is 7. The van der Waals surface area contributed by atoms with E-state index in [4.69, 9.17) is 0 Å². The number of β-amino-alcohol motifs (C(OH)–C–C–N with tert-alkyl or cyclic N) is 1. The first-order chi connectivity index (χ1) is 12.2. The fourth-order valence-corrected chi connectivity index (χ4v) is 3.06. The van der Waals surface area contributed by atoms with E-state index in [1.54, 1.807) is 12.5 Å². The fraction of sp³-hybridized carbons (Fsp3) is 0.444. The van der Waals surface area contributed by atoms with Gasteiger partial charge in [0.25, 0.3) is 0 Å². The normalized spacial score (nSPS) is 15.4. The van der Waals surface area contributed by atoms with E-state index in [2.05, 4.69) is 44.8 Å². The molecule has 7 nitrogen and oxygen atoms in total. The van der Waals surface area contributed by atoms with Crippen molar-refractivity contribution in [3.8, 4) is 0 Å². The summed E-state index contributed by atoms with van der Waals surface area (Å²) in [7, 11) is 0. The molecule has 25 heavy (non-hydrogen) atoms. The van der Waals surface area contributed by atoms with Crippen molar-refractivity contribution in [3.63, 3.8) is 0 Å². The summed E-state index contributed by atoms with van der Waals surface area (Å²) >= 11 is 0. The summed E-state index contributed by atoms with van der Waals surface area (Å²) in [6.07, 6.45) is 5.69. The average Bonchev–Trinajstić information content (AvgIpc) is 3.13. The van der Waals surface area contributed by atoms with Crippen LogP contribution in [0.4, 0.5) is 4.79 Å². The highest BCUT2D eigenvalue weighted by atomic mass is 16.3. The number of nitrogens with one attached hydrogen (secondary N) is 2. The Labute approximate surface area is 147 Å². The molecule has 134 valence electrons. The van der Waals surface area contributed by atoms with Gasteiger partial charge in [0, 0.05) is 51.7 Å². The number of amides is 2. The number of nitrogens with zero attached hydrogens (tertiary/aromatic N) is 3. The third-order valence-electron chi connectivity index (χ3n) is 4.39. The van der Waals surface area contributed by atoms with Crippen molar-refractivity contribution in [2.75, 3.05) is 26.2 Å². The molecule has 3 rings (SSSR count). The molecule has 0 fully saturated rings. The van der Waals surface area contributed by atoms with Gasteiger partial charge in [0.05, 0.1) is 12.4 Å². The number of benzene rings is 1. The Morgan fingerprint density at radius 3 is 2.92 bits per heavy atom. The third-order valence-corrected chi connectivity index (χ3v) is 4.39. The van der Waals surface area contributed by atoms with E-state index in [0.717, 1.165) is 19.5 Å². The van der Waals surface area contributed by atoms with Crippen molar-refractivity contribution in [3.05, 3.63) is 54.1 Å². The Morgan fingerprint density at radius 2 is 2.12 bits per heavy atom. The number of hydrogen-bond acceptors (Lipinski definition) is 4. The van der Waals surface area contributed by atoms with Crippen LogP contribution in [0.5, 0.6) is 0 Å². The minimum atomic E-state index is -0.579. The Balaban J connectivity index is 1.32. The van der Waals surface area contributed by atoms with Crippen molar-refractivity contribution in [1.29, 1.82) is 0 Å². The monoisotopic (exact) mass is 343 g/mol. The molecule has 2 amide bonds. The number of fused-ring (bicyclic) bond motifs is 1. The molecule has 0 saturated heterocycles. The Kier molecular flexibility index (Phi) is 6.03. The lowest BCUT2D eigenvalue weighted by Gasteiger charge is -2.30. The number of imidazole rings is 1. The fourth-order valence-electron chi connectivity index (χ4n) is 3.06. The first-order valence-electron chi connectivity index (χ1n) is 8.65. The van der Waals surface area contributed by atoms with Gasteiger partial charge in [-0.1, -0.05) is 24.3 Å². The highest BCUT2D eigenvalue weighted by Crippen LogP contribution is 2.18. The second-order valence-electron chi connectivity index (χ2n) is 6.34. The molecule has 0 radical (unpaired) electrons. The zero-order chi connectivity index (χ0) is 17.5. The van der Waals surface area contributed by atoms with Crippen LogP contribution in [-0.4, -0.2) is 57.9 Å². The van der Waals surface area contributed by atoms with Crippen LogP contribution in [0.15, 0.2) is 43.0 Å². The molecular weight excluding hydrogens is 318 g/mol. The van der Waals surface area contributed by atoms with Crippen LogP contribution in [0, 0.1) is 0 Å². The van der Waals surface area contributed by atoms with E-state index < -0.39 is 6.10 Å². The maximum Gasteiger partial charge on any atom is 0.314 e. The molecule has 0 spiro atoms. The van der Waals surface area contributed by atoms with Crippen LogP contribution >= 0.6 is 0 Å². The number of aromatic nitrogens is 2. The summed E-state index contributed by atoms with van der Waals surface area (Å²) in [6.45, 7) is 3.78. The molecule has 7 heteroatoms. The molecule has 2 aromatic rings. The van der Waals surface area contributed by atoms with Gasteiger partial charge in [-0.2, -0.15) is 0 Å². The molecule has 2 heterocycles. The highest BCUT2D eigenvalue weighted by Gasteiger charge is 2.18. The van der Waals surface area contributed by atoms with Gasteiger partial charge in [0.1, 0.15) is 0 Å². The summed E-state index contributed by atoms with van der Waals surface area (Å²) in [5.41, 5.74) is 2.72. The van der Waals surface area contributed by atoms with Crippen molar-refractivity contribution in [2.24, 2.45) is 0 Å². The van der Waals surface area contributed by atoms with Gasteiger partial charge < -0.3 is 20.3 Å². The van der Waals surface area contributed by atoms with Gasteiger partial charge in [-0.25, -0.2) is 9.78 Å². The van der Waals surface area contributed by atoms with Crippen molar-refractivity contribution in [1.82, 2.24) is 25.1 Å². The van der Waals surface area contributed by atoms with Crippen LogP contribution in [0.25, 0.3) is 0 Å². The molecule has 0 aliphatic carbocycles. The topological polar surface area (TPSA) is 82.4 Å². The Morgan fingerprint density at radius 1 is 1.28 bits per heavy atom. The van der Waals surface area contributed by atoms with Gasteiger partial charge in [-0.15, -0.1) is 0 Å². The Bertz CT molecular complexity index is 674. The SMILES string of the molecule is O=C(NCCn1ccnc1)NC[C@@H](O)CN1CCc2ccccc2C1. The standard InChI is InChI=1S/C18H25N5O2/c24-17(11-21-18(25)20-7-10-22-9-6-19-14-22)13-23-8-5-15-3-1-2-4-16(15)12-23/h1-4,6,9,14,17,24H,5,7-8,10-13H2,(H2,20,21,25)/t17-/m1/s1. The molecule has 1 aromatic carbocycles.